The van der Waals surface area contributed by atoms with Crippen LogP contribution in [0.4, 0.5) is 0 Å². The van der Waals surface area contributed by atoms with Gasteiger partial charge in [0.25, 0.3) is 0 Å². The first-order valence-electron chi connectivity index (χ1n) is 7.36. The summed E-state index contributed by atoms with van der Waals surface area (Å²) in [6.07, 6.45) is 2.61. The third-order valence-corrected chi connectivity index (χ3v) is 3.71. The zero-order chi connectivity index (χ0) is 13.6. The van der Waals surface area contributed by atoms with Crippen LogP contribution >= 0.6 is 0 Å². The van der Waals surface area contributed by atoms with Gasteiger partial charge in [0, 0.05) is 0 Å². The Morgan fingerprint density at radius 3 is 2.60 bits per heavy atom. The lowest BCUT2D eigenvalue weighted by Gasteiger charge is -2.22. The minimum absolute atomic E-state index is 0.399. The monoisotopic (exact) mass is 271 g/mol. The van der Waals surface area contributed by atoms with Crippen LogP contribution in [-0.4, -0.2) is 32.4 Å². The molecule has 106 valence electrons. The molecule has 0 aliphatic carbocycles. The van der Waals surface area contributed by atoms with E-state index < -0.39 is 0 Å². The smallest absolute Gasteiger partial charge is 0.120 e. The van der Waals surface area contributed by atoms with Crippen molar-refractivity contribution >= 4 is 10.8 Å². The van der Waals surface area contributed by atoms with Crippen molar-refractivity contribution in [3.05, 3.63) is 42.5 Å². The maximum atomic E-state index is 5.83. The van der Waals surface area contributed by atoms with Crippen molar-refractivity contribution in [3.63, 3.8) is 0 Å². The topological polar surface area (TPSA) is 30.5 Å². The summed E-state index contributed by atoms with van der Waals surface area (Å²) in [5, 5.41) is 5.79. The highest BCUT2D eigenvalue weighted by molar-refractivity contribution is 5.83. The zero-order valence-electron chi connectivity index (χ0n) is 11.7. The summed E-state index contributed by atoms with van der Waals surface area (Å²) in [7, 11) is 0. The van der Waals surface area contributed by atoms with E-state index in [-0.39, 0.29) is 0 Å². The third-order valence-electron chi connectivity index (χ3n) is 3.71. The number of piperidine rings is 1. The maximum Gasteiger partial charge on any atom is 0.120 e. The van der Waals surface area contributed by atoms with E-state index in [1.54, 1.807) is 0 Å². The molecule has 1 fully saturated rings. The largest absolute Gasteiger partial charge is 0.491 e. The summed E-state index contributed by atoms with van der Waals surface area (Å²) in [4.78, 5) is 0. The summed E-state index contributed by atoms with van der Waals surface area (Å²) >= 11 is 0. The molecule has 0 radical (unpaired) electrons. The molecule has 2 aromatic rings. The summed E-state index contributed by atoms with van der Waals surface area (Å²) in [6, 6.07) is 14.5. The molecule has 1 saturated heterocycles. The summed E-state index contributed by atoms with van der Waals surface area (Å²) in [5.74, 6) is 0.914. The van der Waals surface area contributed by atoms with E-state index in [1.165, 1.54) is 10.8 Å². The molecule has 0 spiro atoms. The minimum atomic E-state index is 0.399. The lowest BCUT2D eigenvalue weighted by atomic mass is 10.1. The van der Waals surface area contributed by atoms with Crippen molar-refractivity contribution in [2.24, 2.45) is 0 Å². The summed E-state index contributed by atoms with van der Waals surface area (Å²) in [6.45, 7) is 3.41. The molecule has 1 aliphatic rings. The normalized spacial score (nSPS) is 16.4. The Bertz CT molecular complexity index is 549. The molecule has 3 nitrogen and oxygen atoms in total. The molecule has 1 aliphatic heterocycles. The first-order valence-corrected chi connectivity index (χ1v) is 7.36. The van der Waals surface area contributed by atoms with Gasteiger partial charge in [-0.2, -0.15) is 0 Å². The molecule has 3 heteroatoms. The van der Waals surface area contributed by atoms with Crippen molar-refractivity contribution in [1.29, 1.82) is 0 Å². The first kappa shape index (κ1) is 13.4. The molecule has 0 atom stereocenters. The Kier molecular flexibility index (Phi) is 4.51. The standard InChI is InChI=1S/C17H21NO2/c1-2-4-15-13-17(6-5-14(15)3-1)20-12-11-19-16-7-9-18-10-8-16/h1-6,13,16,18H,7-12H2. The molecule has 0 unspecified atom stereocenters. The van der Waals surface area contributed by atoms with Crippen molar-refractivity contribution in [2.75, 3.05) is 26.3 Å². The number of fused-ring (bicyclic) bond motifs is 1. The van der Waals surface area contributed by atoms with Gasteiger partial charge in [-0.3, -0.25) is 0 Å². The Morgan fingerprint density at radius 2 is 1.75 bits per heavy atom. The van der Waals surface area contributed by atoms with Crippen LogP contribution in [0.25, 0.3) is 10.8 Å². The predicted octanol–water partition coefficient (Wildman–Crippen LogP) is 2.99. The van der Waals surface area contributed by atoms with Crippen LogP contribution in [-0.2, 0) is 4.74 Å². The van der Waals surface area contributed by atoms with Gasteiger partial charge in [-0.1, -0.05) is 30.3 Å². The molecule has 20 heavy (non-hydrogen) atoms. The van der Waals surface area contributed by atoms with Crippen molar-refractivity contribution in [1.82, 2.24) is 5.32 Å². The van der Waals surface area contributed by atoms with Gasteiger partial charge in [0.05, 0.1) is 12.7 Å². The van der Waals surface area contributed by atoms with E-state index >= 15 is 0 Å². The van der Waals surface area contributed by atoms with Gasteiger partial charge < -0.3 is 14.8 Å². The molecular formula is C17H21NO2. The first-order chi connectivity index (χ1) is 9.92. The molecule has 3 rings (SSSR count). The van der Waals surface area contributed by atoms with Crippen LogP contribution in [0.2, 0.25) is 0 Å². The third kappa shape index (κ3) is 3.50. The van der Waals surface area contributed by atoms with E-state index in [9.17, 15) is 0 Å². The lowest BCUT2D eigenvalue weighted by Crippen LogP contribution is -2.33. The Balaban J connectivity index is 1.47. The zero-order valence-corrected chi connectivity index (χ0v) is 11.7. The average Bonchev–Trinajstić information content (AvgIpc) is 2.52. The van der Waals surface area contributed by atoms with Crippen molar-refractivity contribution < 1.29 is 9.47 Å². The van der Waals surface area contributed by atoms with E-state index in [4.69, 9.17) is 9.47 Å². The van der Waals surface area contributed by atoms with E-state index in [2.05, 4.69) is 35.6 Å². The fourth-order valence-corrected chi connectivity index (χ4v) is 2.59. The molecule has 0 saturated carbocycles. The van der Waals surface area contributed by atoms with Crippen LogP contribution in [0.5, 0.6) is 5.75 Å². The number of benzene rings is 2. The quantitative estimate of drug-likeness (QED) is 0.848. The van der Waals surface area contributed by atoms with Gasteiger partial charge in [0.15, 0.2) is 0 Å². The second-order valence-electron chi connectivity index (χ2n) is 5.18. The maximum absolute atomic E-state index is 5.83. The predicted molar refractivity (Wildman–Crippen MR) is 81.3 cm³/mol. The van der Waals surface area contributed by atoms with Gasteiger partial charge in [0.1, 0.15) is 12.4 Å². The molecule has 0 amide bonds. The molecule has 0 aromatic heterocycles. The molecular weight excluding hydrogens is 250 g/mol. The number of hydrogen-bond acceptors (Lipinski definition) is 3. The van der Waals surface area contributed by atoms with Crippen LogP contribution in [0.3, 0.4) is 0 Å². The minimum Gasteiger partial charge on any atom is -0.491 e. The van der Waals surface area contributed by atoms with Crippen molar-refractivity contribution in [2.45, 2.75) is 18.9 Å². The highest BCUT2D eigenvalue weighted by Gasteiger charge is 2.12. The highest BCUT2D eigenvalue weighted by atomic mass is 16.5. The second-order valence-corrected chi connectivity index (χ2v) is 5.18. The second kappa shape index (κ2) is 6.73. The Hall–Kier alpha value is -1.58. The van der Waals surface area contributed by atoms with E-state index in [0.29, 0.717) is 19.3 Å². The summed E-state index contributed by atoms with van der Waals surface area (Å²) < 4.78 is 11.6. The van der Waals surface area contributed by atoms with Gasteiger partial charge in [-0.25, -0.2) is 0 Å². The van der Waals surface area contributed by atoms with Gasteiger partial charge in [-0.05, 0) is 48.8 Å². The number of ether oxygens (including phenoxy) is 2. The van der Waals surface area contributed by atoms with Crippen LogP contribution < -0.4 is 10.1 Å². The van der Waals surface area contributed by atoms with Gasteiger partial charge >= 0.3 is 0 Å². The molecule has 1 heterocycles. The van der Waals surface area contributed by atoms with E-state index in [1.807, 2.05) is 12.1 Å². The van der Waals surface area contributed by atoms with Crippen LogP contribution in [0.15, 0.2) is 42.5 Å². The SMILES string of the molecule is c1ccc2cc(OCCOC3CCNCC3)ccc2c1. The average molecular weight is 271 g/mol. The molecule has 1 N–H and O–H groups in total. The van der Waals surface area contributed by atoms with Crippen molar-refractivity contribution in [3.8, 4) is 5.75 Å². The fraction of sp³-hybridized carbons (Fsp3) is 0.412. The van der Waals surface area contributed by atoms with Gasteiger partial charge in [0.2, 0.25) is 0 Å². The highest BCUT2D eigenvalue weighted by Crippen LogP contribution is 2.20. The van der Waals surface area contributed by atoms with Gasteiger partial charge in [-0.15, -0.1) is 0 Å². The number of hydrogen-bond donors (Lipinski definition) is 1. The van der Waals surface area contributed by atoms with Crippen LogP contribution in [0.1, 0.15) is 12.8 Å². The lowest BCUT2D eigenvalue weighted by molar-refractivity contribution is 0.0168. The Morgan fingerprint density at radius 1 is 0.950 bits per heavy atom. The molecule has 2 aromatic carbocycles. The number of nitrogens with one attached hydrogen (secondary N) is 1. The summed E-state index contributed by atoms with van der Waals surface area (Å²) in [5.41, 5.74) is 0. The van der Waals surface area contributed by atoms with Crippen LogP contribution in [0, 0.1) is 0 Å². The Labute approximate surface area is 119 Å². The molecule has 0 bridgehead atoms. The van der Waals surface area contributed by atoms with E-state index in [0.717, 1.165) is 31.7 Å². The number of rotatable bonds is 5. The fourth-order valence-electron chi connectivity index (χ4n) is 2.59.